The molecule has 0 nitrogen and oxygen atoms in total. The number of benzene rings is 12. The normalized spacial score (nSPS) is 11.9. The minimum Gasteiger partial charge on any atom is -0.135 e. The lowest BCUT2D eigenvalue weighted by atomic mass is 9.84. The molecule has 1 heterocycles. The summed E-state index contributed by atoms with van der Waals surface area (Å²) in [4.78, 5) is 0. The van der Waals surface area contributed by atoms with Crippen LogP contribution in [0.2, 0.25) is 0 Å². The topological polar surface area (TPSA) is 0 Å². The highest BCUT2D eigenvalue weighted by Crippen LogP contribution is 2.47. The minimum absolute atomic E-state index is 1.22. The van der Waals surface area contributed by atoms with Gasteiger partial charge in [0, 0.05) is 20.2 Å². The van der Waals surface area contributed by atoms with Crippen molar-refractivity contribution >= 4 is 96.1 Å². The Balaban J connectivity index is 0.987. The smallest absolute Gasteiger partial charge is 0.0433 e. The molecular formula is C60H36S. The highest BCUT2D eigenvalue weighted by Gasteiger charge is 2.19. The Morgan fingerprint density at radius 2 is 0.672 bits per heavy atom. The van der Waals surface area contributed by atoms with Crippen LogP contribution in [0.4, 0.5) is 0 Å². The highest BCUT2D eigenvalue weighted by atomic mass is 32.1. The maximum absolute atomic E-state index is 2.44. The molecule has 1 aromatic heterocycles. The quantitative estimate of drug-likeness (QED) is 0.123. The summed E-state index contributed by atoms with van der Waals surface area (Å²) >= 11 is 1.89. The van der Waals surface area contributed by atoms with E-state index in [1.54, 1.807) is 0 Å². The van der Waals surface area contributed by atoms with Gasteiger partial charge in [0.1, 0.15) is 0 Å². The molecule has 0 unspecified atom stereocenters. The molecular weight excluding hydrogens is 753 g/mol. The van der Waals surface area contributed by atoms with Gasteiger partial charge in [0.15, 0.2) is 0 Å². The molecule has 0 spiro atoms. The molecule has 1 heteroatoms. The fraction of sp³-hybridized carbons (Fsp3) is 0. The molecule has 0 radical (unpaired) electrons. The van der Waals surface area contributed by atoms with Crippen LogP contribution in [0.1, 0.15) is 0 Å². The second-order valence-corrected chi connectivity index (χ2v) is 17.3. The summed E-state index contributed by atoms with van der Waals surface area (Å²) in [5.74, 6) is 0. The van der Waals surface area contributed by atoms with Crippen LogP contribution in [0.15, 0.2) is 218 Å². The van der Waals surface area contributed by atoms with Gasteiger partial charge < -0.3 is 0 Å². The lowest BCUT2D eigenvalue weighted by Crippen LogP contribution is -1.92. The lowest BCUT2D eigenvalue weighted by molar-refractivity contribution is 1.63. The summed E-state index contributed by atoms with van der Waals surface area (Å²) in [6.07, 6.45) is 0. The zero-order valence-electron chi connectivity index (χ0n) is 33.2. The van der Waals surface area contributed by atoms with Crippen molar-refractivity contribution in [2.24, 2.45) is 0 Å². The molecule has 0 N–H and O–H groups in total. The average molecular weight is 789 g/mol. The van der Waals surface area contributed by atoms with Crippen LogP contribution < -0.4 is 0 Å². The predicted molar refractivity (Wildman–Crippen MR) is 266 cm³/mol. The first kappa shape index (κ1) is 34.3. The van der Waals surface area contributed by atoms with Gasteiger partial charge >= 0.3 is 0 Å². The molecule has 0 aliphatic heterocycles. The van der Waals surface area contributed by atoms with Gasteiger partial charge in [-0.2, -0.15) is 0 Å². The van der Waals surface area contributed by atoms with E-state index in [0.717, 1.165) is 0 Å². The molecule has 0 saturated heterocycles. The first-order chi connectivity index (χ1) is 30.3. The van der Waals surface area contributed by atoms with Crippen molar-refractivity contribution in [3.63, 3.8) is 0 Å². The van der Waals surface area contributed by atoms with E-state index in [2.05, 4.69) is 218 Å². The molecule has 61 heavy (non-hydrogen) atoms. The molecule has 0 aliphatic rings. The van der Waals surface area contributed by atoms with Crippen LogP contribution in [0.3, 0.4) is 0 Å². The zero-order chi connectivity index (χ0) is 40.0. The van der Waals surface area contributed by atoms with Crippen molar-refractivity contribution in [2.75, 3.05) is 0 Å². The third-order valence-electron chi connectivity index (χ3n) is 13.0. The van der Waals surface area contributed by atoms with Crippen molar-refractivity contribution < 1.29 is 0 Å². The Morgan fingerprint density at radius 3 is 1.33 bits per heavy atom. The highest BCUT2D eigenvalue weighted by molar-refractivity contribution is 7.26. The predicted octanol–water partition coefficient (Wildman–Crippen LogP) is 17.6. The summed E-state index contributed by atoms with van der Waals surface area (Å²) in [6, 6.07) is 81.2. The van der Waals surface area contributed by atoms with Crippen LogP contribution in [0, 0.1) is 0 Å². The first-order valence-corrected chi connectivity index (χ1v) is 21.9. The zero-order valence-corrected chi connectivity index (χ0v) is 34.0. The fourth-order valence-corrected chi connectivity index (χ4v) is 11.6. The third kappa shape index (κ3) is 5.18. The van der Waals surface area contributed by atoms with Crippen LogP contribution >= 0.6 is 11.3 Å². The SMILES string of the molecule is c1cc(-c2c3ccccc3c(-c3ccc(-c4cc5c6ccccc6c6ccccc6c5c5ccccc45)cc3)c3ccccc23)cc(-c2cccc3c2sc2ccccc23)c1. The van der Waals surface area contributed by atoms with Gasteiger partial charge in [0.05, 0.1) is 0 Å². The van der Waals surface area contributed by atoms with Gasteiger partial charge in [-0.3, -0.25) is 0 Å². The van der Waals surface area contributed by atoms with Gasteiger partial charge in [0.2, 0.25) is 0 Å². The van der Waals surface area contributed by atoms with Crippen molar-refractivity contribution in [2.45, 2.75) is 0 Å². The number of rotatable bonds is 4. The van der Waals surface area contributed by atoms with Crippen molar-refractivity contribution in [1.29, 1.82) is 0 Å². The summed E-state index contributed by atoms with van der Waals surface area (Å²) in [5, 5.41) is 18.1. The Kier molecular flexibility index (Phi) is 7.58. The van der Waals surface area contributed by atoms with Crippen LogP contribution in [-0.2, 0) is 0 Å². The van der Waals surface area contributed by atoms with E-state index >= 15 is 0 Å². The number of hydrogen-bond acceptors (Lipinski definition) is 1. The van der Waals surface area contributed by atoms with E-state index in [1.807, 2.05) is 11.3 Å². The van der Waals surface area contributed by atoms with Crippen molar-refractivity contribution in [3.8, 4) is 44.5 Å². The summed E-state index contributed by atoms with van der Waals surface area (Å²) in [5.41, 5.74) is 9.99. The van der Waals surface area contributed by atoms with E-state index in [9.17, 15) is 0 Å². The standard InChI is InChI=1S/C60H36S/c1-2-19-44-42(17-1)43-18-3-5-22-47(43)59-48-23-6-4-20-45(48)54(36-55(44)59)37-31-33-38(34-32-37)57-49-24-7-9-26-51(49)58(52-27-10-8-25-50(52)57)40-16-13-15-39(35-40)41-28-14-29-53-46-21-11-12-30-56(46)61-60(41)53/h1-36H. The fourth-order valence-electron chi connectivity index (χ4n) is 10.4. The van der Waals surface area contributed by atoms with E-state index < -0.39 is 0 Å². The molecule has 0 bridgehead atoms. The van der Waals surface area contributed by atoms with E-state index in [0.29, 0.717) is 0 Å². The van der Waals surface area contributed by atoms with E-state index in [-0.39, 0.29) is 0 Å². The first-order valence-electron chi connectivity index (χ1n) is 21.1. The molecule has 282 valence electrons. The van der Waals surface area contributed by atoms with Gasteiger partial charge in [-0.15, -0.1) is 11.3 Å². The largest absolute Gasteiger partial charge is 0.135 e. The van der Waals surface area contributed by atoms with Gasteiger partial charge in [-0.05, 0) is 127 Å². The van der Waals surface area contributed by atoms with Crippen LogP contribution in [0.5, 0.6) is 0 Å². The summed E-state index contributed by atoms with van der Waals surface area (Å²) in [6.45, 7) is 0. The Hall–Kier alpha value is -7.58. The molecule has 0 amide bonds. The number of thiophene rings is 1. The average Bonchev–Trinajstić information content (AvgIpc) is 3.72. The summed E-state index contributed by atoms with van der Waals surface area (Å²) < 4.78 is 2.67. The second-order valence-electron chi connectivity index (χ2n) is 16.3. The minimum atomic E-state index is 1.22. The van der Waals surface area contributed by atoms with Gasteiger partial charge in [-0.1, -0.05) is 200 Å². The molecule has 0 saturated carbocycles. The summed E-state index contributed by atoms with van der Waals surface area (Å²) in [7, 11) is 0. The molecule has 0 fully saturated rings. The molecule has 13 aromatic rings. The maximum atomic E-state index is 2.44. The molecule has 13 rings (SSSR count). The van der Waals surface area contributed by atoms with Crippen LogP contribution in [-0.4, -0.2) is 0 Å². The lowest BCUT2D eigenvalue weighted by Gasteiger charge is -2.19. The molecule has 0 aliphatic carbocycles. The monoisotopic (exact) mass is 788 g/mol. The third-order valence-corrected chi connectivity index (χ3v) is 14.3. The van der Waals surface area contributed by atoms with E-state index in [1.165, 1.54) is 129 Å². The van der Waals surface area contributed by atoms with Gasteiger partial charge in [-0.25, -0.2) is 0 Å². The molecule has 0 atom stereocenters. The Bertz CT molecular complexity index is 3870. The number of hydrogen-bond donors (Lipinski definition) is 0. The maximum Gasteiger partial charge on any atom is 0.0433 e. The molecule has 12 aromatic carbocycles. The van der Waals surface area contributed by atoms with Crippen LogP contribution in [0.25, 0.3) is 129 Å². The van der Waals surface area contributed by atoms with E-state index in [4.69, 9.17) is 0 Å². The van der Waals surface area contributed by atoms with Crippen molar-refractivity contribution in [1.82, 2.24) is 0 Å². The van der Waals surface area contributed by atoms with Gasteiger partial charge in [0.25, 0.3) is 0 Å². The Labute approximate surface area is 357 Å². The van der Waals surface area contributed by atoms with Crippen molar-refractivity contribution in [3.05, 3.63) is 218 Å². The Morgan fingerprint density at radius 1 is 0.230 bits per heavy atom. The second kappa shape index (κ2) is 13.5. The number of fused-ring (bicyclic) bond motifs is 13.